The molecule has 0 saturated heterocycles. The lowest BCUT2D eigenvalue weighted by molar-refractivity contribution is -0.120. The van der Waals surface area contributed by atoms with Crippen molar-refractivity contribution in [3.05, 3.63) is 58.6 Å². The fraction of sp³-hybridized carbons (Fsp3) is 0.222. The van der Waals surface area contributed by atoms with E-state index in [-0.39, 0.29) is 11.2 Å². The van der Waals surface area contributed by atoms with E-state index in [1.54, 1.807) is 6.07 Å². The third-order valence-corrected chi connectivity index (χ3v) is 4.89. The van der Waals surface area contributed by atoms with E-state index in [0.717, 1.165) is 16.6 Å². The Morgan fingerprint density at radius 3 is 2.79 bits per heavy atom. The van der Waals surface area contributed by atoms with Crippen LogP contribution in [0.1, 0.15) is 18.1 Å². The Morgan fingerprint density at radius 2 is 2.04 bits per heavy atom. The van der Waals surface area contributed by atoms with E-state index < -0.39 is 0 Å². The van der Waals surface area contributed by atoms with Gasteiger partial charge in [-0.15, -0.1) is 0 Å². The quantitative estimate of drug-likeness (QED) is 0.667. The van der Waals surface area contributed by atoms with Crippen molar-refractivity contribution in [2.24, 2.45) is 0 Å². The number of benzene rings is 2. The second-order valence-corrected chi connectivity index (χ2v) is 7.43. The highest BCUT2D eigenvalue weighted by Crippen LogP contribution is 2.25. The van der Waals surface area contributed by atoms with Crippen molar-refractivity contribution in [3.8, 4) is 0 Å². The number of aromatic amines is 1. The maximum absolute atomic E-state index is 12.3. The summed E-state index contributed by atoms with van der Waals surface area (Å²) in [5.41, 5.74) is 4.01. The van der Waals surface area contributed by atoms with E-state index in [1.807, 2.05) is 50.2 Å². The predicted molar refractivity (Wildman–Crippen MR) is 99.4 cm³/mol. The van der Waals surface area contributed by atoms with Crippen molar-refractivity contribution in [3.63, 3.8) is 0 Å². The van der Waals surface area contributed by atoms with Crippen LogP contribution in [-0.2, 0) is 11.3 Å². The Hall–Kier alpha value is -1.98. The average molecular weight is 360 g/mol. The van der Waals surface area contributed by atoms with Crippen molar-refractivity contribution in [2.75, 3.05) is 0 Å². The van der Waals surface area contributed by atoms with Gasteiger partial charge in [0.2, 0.25) is 5.91 Å². The van der Waals surface area contributed by atoms with Gasteiger partial charge >= 0.3 is 0 Å². The van der Waals surface area contributed by atoms with Gasteiger partial charge in [0.1, 0.15) is 0 Å². The Morgan fingerprint density at radius 1 is 1.29 bits per heavy atom. The SMILES string of the molecule is Cc1ccc(CNC(=O)C(C)Sc2nc3ccc(Cl)cc3[nH]2)cc1. The molecule has 2 N–H and O–H groups in total. The van der Waals surface area contributed by atoms with Gasteiger partial charge in [0, 0.05) is 11.6 Å². The summed E-state index contributed by atoms with van der Waals surface area (Å²) in [6, 6.07) is 13.6. The smallest absolute Gasteiger partial charge is 0.233 e. The van der Waals surface area contributed by atoms with Crippen LogP contribution in [0.15, 0.2) is 47.6 Å². The second kappa shape index (κ2) is 7.28. The molecule has 1 amide bonds. The summed E-state index contributed by atoms with van der Waals surface area (Å²) in [7, 11) is 0. The van der Waals surface area contributed by atoms with Gasteiger partial charge < -0.3 is 10.3 Å². The molecule has 0 aliphatic rings. The van der Waals surface area contributed by atoms with Gasteiger partial charge in [0.15, 0.2) is 5.16 Å². The summed E-state index contributed by atoms with van der Waals surface area (Å²) in [6.45, 7) is 4.44. The first-order chi connectivity index (χ1) is 11.5. The van der Waals surface area contributed by atoms with Crippen molar-refractivity contribution in [2.45, 2.75) is 30.8 Å². The molecule has 3 rings (SSSR count). The van der Waals surface area contributed by atoms with Gasteiger partial charge in [-0.25, -0.2) is 4.98 Å². The number of imidazole rings is 1. The summed E-state index contributed by atoms with van der Waals surface area (Å²) in [4.78, 5) is 19.9. The monoisotopic (exact) mass is 359 g/mol. The molecular formula is C18H18ClN3OS. The van der Waals surface area contributed by atoms with Crippen LogP contribution in [0.4, 0.5) is 0 Å². The highest BCUT2D eigenvalue weighted by Gasteiger charge is 2.16. The third-order valence-electron chi connectivity index (χ3n) is 3.67. The topological polar surface area (TPSA) is 57.8 Å². The first-order valence-electron chi connectivity index (χ1n) is 7.66. The number of amides is 1. The van der Waals surface area contributed by atoms with Crippen LogP contribution in [-0.4, -0.2) is 21.1 Å². The molecule has 4 nitrogen and oxygen atoms in total. The van der Waals surface area contributed by atoms with Crippen molar-refractivity contribution in [1.82, 2.24) is 15.3 Å². The fourth-order valence-corrected chi connectivity index (χ4v) is 3.29. The number of fused-ring (bicyclic) bond motifs is 1. The van der Waals surface area contributed by atoms with Gasteiger partial charge in [0.25, 0.3) is 0 Å². The Labute approximate surface area is 150 Å². The number of halogens is 1. The Kier molecular flexibility index (Phi) is 5.11. The average Bonchev–Trinajstić information content (AvgIpc) is 2.95. The molecule has 3 aromatic rings. The highest BCUT2D eigenvalue weighted by atomic mass is 35.5. The number of aromatic nitrogens is 2. The minimum atomic E-state index is -0.244. The number of thioether (sulfide) groups is 1. The first kappa shape index (κ1) is 16.9. The Bertz CT molecular complexity index is 860. The lowest BCUT2D eigenvalue weighted by atomic mass is 10.1. The largest absolute Gasteiger partial charge is 0.351 e. The van der Waals surface area contributed by atoms with Crippen molar-refractivity contribution < 1.29 is 4.79 Å². The number of nitrogens with zero attached hydrogens (tertiary/aromatic N) is 1. The minimum Gasteiger partial charge on any atom is -0.351 e. The summed E-state index contributed by atoms with van der Waals surface area (Å²) in [5, 5.41) is 4.09. The molecule has 0 spiro atoms. The third kappa shape index (κ3) is 4.10. The van der Waals surface area contributed by atoms with Crippen LogP contribution in [0.3, 0.4) is 0 Å². The second-order valence-electron chi connectivity index (χ2n) is 5.67. The number of aryl methyl sites for hydroxylation is 1. The molecule has 124 valence electrons. The van der Waals surface area contributed by atoms with Crippen LogP contribution in [0, 0.1) is 6.92 Å². The number of hydrogen-bond acceptors (Lipinski definition) is 3. The number of H-pyrrole nitrogens is 1. The lowest BCUT2D eigenvalue weighted by Crippen LogP contribution is -2.30. The first-order valence-corrected chi connectivity index (χ1v) is 8.92. The molecule has 1 heterocycles. The van der Waals surface area contributed by atoms with Crippen molar-refractivity contribution >= 4 is 40.3 Å². The minimum absolute atomic E-state index is 0.0148. The van der Waals surface area contributed by atoms with Crippen LogP contribution in [0.25, 0.3) is 11.0 Å². The molecule has 0 aliphatic carbocycles. The molecule has 1 unspecified atom stereocenters. The van der Waals surface area contributed by atoms with Crippen LogP contribution in [0.2, 0.25) is 5.02 Å². The number of carbonyl (C=O) groups excluding carboxylic acids is 1. The number of hydrogen-bond donors (Lipinski definition) is 2. The molecule has 6 heteroatoms. The zero-order valence-electron chi connectivity index (χ0n) is 13.5. The van der Waals surface area contributed by atoms with Crippen LogP contribution < -0.4 is 5.32 Å². The zero-order valence-corrected chi connectivity index (χ0v) is 15.0. The summed E-state index contributed by atoms with van der Waals surface area (Å²) >= 11 is 7.37. The number of nitrogens with one attached hydrogen (secondary N) is 2. The van der Waals surface area contributed by atoms with E-state index in [1.165, 1.54) is 17.3 Å². The van der Waals surface area contributed by atoms with Gasteiger partial charge in [-0.3, -0.25) is 4.79 Å². The molecule has 0 bridgehead atoms. The maximum Gasteiger partial charge on any atom is 0.233 e. The van der Waals surface area contributed by atoms with E-state index in [4.69, 9.17) is 11.6 Å². The van der Waals surface area contributed by atoms with Gasteiger partial charge in [0.05, 0.1) is 16.3 Å². The molecule has 0 aliphatic heterocycles. The van der Waals surface area contributed by atoms with E-state index in [9.17, 15) is 4.79 Å². The molecule has 0 fully saturated rings. The molecule has 0 saturated carbocycles. The van der Waals surface area contributed by atoms with Crippen LogP contribution in [0.5, 0.6) is 0 Å². The van der Waals surface area contributed by atoms with E-state index in [0.29, 0.717) is 16.7 Å². The molecule has 24 heavy (non-hydrogen) atoms. The summed E-state index contributed by atoms with van der Waals surface area (Å²) in [5.74, 6) is -0.0148. The summed E-state index contributed by atoms with van der Waals surface area (Å²) < 4.78 is 0. The number of rotatable bonds is 5. The van der Waals surface area contributed by atoms with Crippen LogP contribution >= 0.6 is 23.4 Å². The zero-order chi connectivity index (χ0) is 17.1. The predicted octanol–water partition coefficient (Wildman–Crippen LogP) is 4.32. The van der Waals surface area contributed by atoms with Gasteiger partial charge in [-0.05, 0) is 37.6 Å². The van der Waals surface area contributed by atoms with E-state index in [2.05, 4.69) is 15.3 Å². The van der Waals surface area contributed by atoms with Crippen molar-refractivity contribution in [1.29, 1.82) is 0 Å². The van der Waals surface area contributed by atoms with E-state index >= 15 is 0 Å². The molecule has 1 aromatic heterocycles. The molecular weight excluding hydrogens is 342 g/mol. The van der Waals surface area contributed by atoms with Gasteiger partial charge in [-0.2, -0.15) is 0 Å². The highest BCUT2D eigenvalue weighted by molar-refractivity contribution is 8.00. The Balaban J connectivity index is 1.59. The summed E-state index contributed by atoms with van der Waals surface area (Å²) in [6.07, 6.45) is 0. The normalized spacial score (nSPS) is 12.3. The standard InChI is InChI=1S/C18H18ClN3OS/c1-11-3-5-13(6-4-11)10-20-17(23)12(2)24-18-21-15-8-7-14(19)9-16(15)22-18/h3-9,12H,10H2,1-2H3,(H,20,23)(H,21,22). The van der Waals surface area contributed by atoms with Gasteiger partial charge in [-0.1, -0.05) is 53.2 Å². The molecule has 2 aromatic carbocycles. The molecule has 1 atom stereocenters. The fourth-order valence-electron chi connectivity index (χ4n) is 2.27. The molecule has 0 radical (unpaired) electrons. The number of carbonyl (C=O) groups is 1. The maximum atomic E-state index is 12.3. The lowest BCUT2D eigenvalue weighted by Gasteiger charge is -2.10.